The molecule has 1 rings (SSSR count). The number of benzene rings is 1. The fourth-order valence-corrected chi connectivity index (χ4v) is 0.707. The third-order valence-corrected chi connectivity index (χ3v) is 1.44. The lowest BCUT2D eigenvalue weighted by molar-refractivity contribution is -0.113. The number of hydrogen-bond acceptors (Lipinski definition) is 3. The number of hydrazine groups is 1. The molecule has 14 heavy (non-hydrogen) atoms. The summed E-state index contributed by atoms with van der Waals surface area (Å²) in [5, 5.41) is 0. The molecule has 3 nitrogen and oxygen atoms in total. The van der Waals surface area contributed by atoms with Gasteiger partial charge in [0.1, 0.15) is 0 Å². The SMILES string of the molecule is C=CC(=O)CNN.Cc1ccccc1. The van der Waals surface area contributed by atoms with E-state index in [1.165, 1.54) is 11.6 Å². The van der Waals surface area contributed by atoms with Crippen molar-refractivity contribution >= 4 is 5.78 Å². The Labute approximate surface area is 84.6 Å². The summed E-state index contributed by atoms with van der Waals surface area (Å²) in [4.78, 5) is 10.2. The number of nitrogens with one attached hydrogen (secondary N) is 1. The van der Waals surface area contributed by atoms with Crippen molar-refractivity contribution in [2.45, 2.75) is 6.92 Å². The minimum Gasteiger partial charge on any atom is -0.293 e. The first-order chi connectivity index (χ1) is 6.70. The van der Waals surface area contributed by atoms with Gasteiger partial charge in [-0.2, -0.15) is 0 Å². The molecule has 1 aromatic rings. The van der Waals surface area contributed by atoms with Crippen molar-refractivity contribution in [1.82, 2.24) is 5.43 Å². The van der Waals surface area contributed by atoms with Gasteiger partial charge in [0.25, 0.3) is 0 Å². The molecule has 0 amide bonds. The van der Waals surface area contributed by atoms with Crippen LogP contribution in [0.3, 0.4) is 0 Å². The molecule has 0 atom stereocenters. The Morgan fingerprint density at radius 2 is 2.07 bits per heavy atom. The number of nitrogens with two attached hydrogens (primary N) is 1. The maximum absolute atomic E-state index is 10.2. The van der Waals surface area contributed by atoms with Gasteiger partial charge >= 0.3 is 0 Å². The van der Waals surface area contributed by atoms with Crippen LogP contribution in [0.2, 0.25) is 0 Å². The van der Waals surface area contributed by atoms with Gasteiger partial charge in [-0.3, -0.25) is 16.1 Å². The maximum atomic E-state index is 10.2. The fourth-order valence-electron chi connectivity index (χ4n) is 0.707. The molecular formula is C11H16N2O. The van der Waals surface area contributed by atoms with Gasteiger partial charge in [0.05, 0.1) is 6.54 Å². The zero-order valence-electron chi connectivity index (χ0n) is 8.36. The average Bonchev–Trinajstić information content (AvgIpc) is 2.20. The van der Waals surface area contributed by atoms with Crippen molar-refractivity contribution in [3.05, 3.63) is 48.6 Å². The molecule has 0 radical (unpaired) electrons. The van der Waals surface area contributed by atoms with Crippen LogP contribution in [-0.2, 0) is 4.79 Å². The van der Waals surface area contributed by atoms with Crippen molar-refractivity contribution in [2.24, 2.45) is 5.84 Å². The Hall–Kier alpha value is -1.45. The third kappa shape index (κ3) is 7.21. The van der Waals surface area contributed by atoms with Crippen molar-refractivity contribution in [3.8, 4) is 0 Å². The quantitative estimate of drug-likeness (QED) is 0.430. The summed E-state index contributed by atoms with van der Waals surface area (Å²) in [7, 11) is 0. The minimum absolute atomic E-state index is 0.0949. The van der Waals surface area contributed by atoms with Crippen molar-refractivity contribution in [2.75, 3.05) is 6.54 Å². The average molecular weight is 192 g/mol. The molecule has 0 aliphatic rings. The van der Waals surface area contributed by atoms with E-state index in [9.17, 15) is 4.79 Å². The number of hydrogen-bond donors (Lipinski definition) is 2. The molecular weight excluding hydrogens is 176 g/mol. The number of ketones is 1. The van der Waals surface area contributed by atoms with Crippen LogP contribution in [0, 0.1) is 6.92 Å². The first-order valence-corrected chi connectivity index (χ1v) is 4.31. The maximum Gasteiger partial charge on any atom is 0.170 e. The Balaban J connectivity index is 0.000000241. The minimum atomic E-state index is -0.0949. The van der Waals surface area contributed by atoms with Crippen LogP contribution in [0.15, 0.2) is 43.0 Å². The molecule has 0 unspecified atom stereocenters. The summed E-state index contributed by atoms with van der Waals surface area (Å²) >= 11 is 0. The van der Waals surface area contributed by atoms with E-state index in [0.29, 0.717) is 0 Å². The zero-order valence-corrected chi connectivity index (χ0v) is 8.36. The van der Waals surface area contributed by atoms with E-state index < -0.39 is 0 Å². The summed E-state index contributed by atoms with van der Waals surface area (Å²) in [6.07, 6.45) is 1.22. The molecule has 0 saturated heterocycles. The lowest BCUT2D eigenvalue weighted by Crippen LogP contribution is -2.27. The smallest absolute Gasteiger partial charge is 0.170 e. The second kappa shape index (κ2) is 8.16. The lowest BCUT2D eigenvalue weighted by atomic mass is 10.2. The number of aryl methyl sites for hydroxylation is 1. The van der Waals surface area contributed by atoms with E-state index in [-0.39, 0.29) is 12.3 Å². The second-order valence-corrected chi connectivity index (χ2v) is 2.71. The summed E-state index contributed by atoms with van der Waals surface area (Å²) in [5.41, 5.74) is 3.52. The van der Waals surface area contributed by atoms with E-state index in [1.54, 1.807) is 0 Å². The molecule has 0 aliphatic carbocycles. The normalized spacial score (nSPS) is 8.43. The molecule has 0 aliphatic heterocycles. The van der Waals surface area contributed by atoms with Gasteiger partial charge in [-0.05, 0) is 13.0 Å². The molecule has 1 aromatic carbocycles. The molecule has 0 bridgehead atoms. The van der Waals surface area contributed by atoms with Gasteiger partial charge in [0, 0.05) is 0 Å². The molecule has 0 fully saturated rings. The standard InChI is InChI=1S/C7H8.C4H8N2O/c1-7-5-3-2-4-6-7;1-2-4(7)3-6-5/h2-6H,1H3;2,6H,1,3,5H2. The van der Waals surface area contributed by atoms with Crippen LogP contribution in [0.4, 0.5) is 0 Å². The Bertz CT molecular complexity index is 270. The largest absolute Gasteiger partial charge is 0.293 e. The van der Waals surface area contributed by atoms with E-state index in [0.717, 1.165) is 0 Å². The van der Waals surface area contributed by atoms with Gasteiger partial charge < -0.3 is 0 Å². The monoisotopic (exact) mass is 192 g/mol. The highest BCUT2D eigenvalue weighted by molar-refractivity contribution is 5.90. The van der Waals surface area contributed by atoms with Crippen LogP contribution < -0.4 is 11.3 Å². The van der Waals surface area contributed by atoms with E-state index in [2.05, 4.69) is 31.1 Å². The van der Waals surface area contributed by atoms with E-state index in [4.69, 9.17) is 5.84 Å². The highest BCUT2D eigenvalue weighted by atomic mass is 16.1. The van der Waals surface area contributed by atoms with Crippen LogP contribution in [0.5, 0.6) is 0 Å². The number of carbonyl (C=O) groups is 1. The molecule has 0 saturated carbocycles. The summed E-state index contributed by atoms with van der Waals surface area (Å²) in [6, 6.07) is 10.3. The highest BCUT2D eigenvalue weighted by Crippen LogP contribution is 1.92. The van der Waals surface area contributed by atoms with E-state index in [1.807, 2.05) is 18.2 Å². The topological polar surface area (TPSA) is 55.1 Å². The molecule has 0 aromatic heterocycles. The molecule has 3 heteroatoms. The van der Waals surface area contributed by atoms with Gasteiger partial charge in [0.15, 0.2) is 5.78 Å². The van der Waals surface area contributed by atoms with Gasteiger partial charge in [0.2, 0.25) is 0 Å². The van der Waals surface area contributed by atoms with Crippen molar-refractivity contribution in [3.63, 3.8) is 0 Å². The Kier molecular flexibility index (Phi) is 7.32. The van der Waals surface area contributed by atoms with E-state index >= 15 is 0 Å². The second-order valence-electron chi connectivity index (χ2n) is 2.71. The number of carbonyl (C=O) groups excluding carboxylic acids is 1. The Morgan fingerprint density at radius 1 is 1.50 bits per heavy atom. The summed E-state index contributed by atoms with van der Waals surface area (Å²) < 4.78 is 0. The third-order valence-electron chi connectivity index (χ3n) is 1.44. The summed E-state index contributed by atoms with van der Waals surface area (Å²) in [5.74, 6) is 4.69. The summed E-state index contributed by atoms with van der Waals surface area (Å²) in [6.45, 7) is 5.49. The van der Waals surface area contributed by atoms with Crippen LogP contribution in [-0.4, -0.2) is 12.3 Å². The van der Waals surface area contributed by atoms with Gasteiger partial charge in [-0.15, -0.1) is 0 Å². The van der Waals surface area contributed by atoms with Crippen LogP contribution in [0.25, 0.3) is 0 Å². The van der Waals surface area contributed by atoms with Gasteiger partial charge in [-0.25, -0.2) is 0 Å². The zero-order chi connectivity index (χ0) is 10.8. The lowest BCUT2D eigenvalue weighted by Gasteiger charge is -1.87. The Morgan fingerprint density at radius 3 is 2.29 bits per heavy atom. The molecule has 0 spiro atoms. The van der Waals surface area contributed by atoms with Gasteiger partial charge in [-0.1, -0.05) is 42.5 Å². The molecule has 3 N–H and O–H groups in total. The van der Waals surface area contributed by atoms with Crippen LogP contribution in [0.1, 0.15) is 5.56 Å². The predicted octanol–water partition coefficient (Wildman–Crippen LogP) is 1.20. The highest BCUT2D eigenvalue weighted by Gasteiger charge is 1.86. The fraction of sp³-hybridized carbons (Fsp3) is 0.182. The number of rotatable bonds is 3. The predicted molar refractivity (Wildman–Crippen MR) is 58.6 cm³/mol. The van der Waals surface area contributed by atoms with Crippen molar-refractivity contribution < 1.29 is 4.79 Å². The first-order valence-electron chi connectivity index (χ1n) is 4.31. The first kappa shape index (κ1) is 12.6. The molecule has 0 heterocycles. The molecule has 76 valence electrons. The van der Waals surface area contributed by atoms with Crippen LogP contribution >= 0.6 is 0 Å². The van der Waals surface area contributed by atoms with Crippen molar-refractivity contribution in [1.29, 1.82) is 0 Å².